The molecule has 3 N–H and O–H groups in total. The van der Waals surface area contributed by atoms with Crippen molar-refractivity contribution in [3.8, 4) is 11.1 Å². The van der Waals surface area contributed by atoms with Crippen LogP contribution in [0.5, 0.6) is 0 Å². The Hall–Kier alpha value is -3.16. The third-order valence-corrected chi connectivity index (χ3v) is 8.20. The van der Waals surface area contributed by atoms with Gasteiger partial charge >= 0.3 is 0 Å². The van der Waals surface area contributed by atoms with E-state index in [0.29, 0.717) is 17.6 Å². The molecule has 0 radical (unpaired) electrons. The Labute approximate surface area is 227 Å². The predicted molar refractivity (Wildman–Crippen MR) is 155 cm³/mol. The van der Waals surface area contributed by atoms with Gasteiger partial charge in [-0.3, -0.25) is 9.78 Å². The maximum absolute atomic E-state index is 13.6. The van der Waals surface area contributed by atoms with Crippen LogP contribution < -0.4 is 15.5 Å². The zero-order valence-electron chi connectivity index (χ0n) is 23.7. The van der Waals surface area contributed by atoms with E-state index in [1.54, 1.807) is 12.4 Å². The summed E-state index contributed by atoms with van der Waals surface area (Å²) in [4.78, 5) is 22.7. The number of carbonyl (C=O) groups is 1. The largest absolute Gasteiger partial charge is 0.370 e. The number of carbonyl (C=O) groups excluding carboxylic acids is 1. The Morgan fingerprint density at radius 3 is 2.32 bits per heavy atom. The lowest BCUT2D eigenvalue weighted by Crippen LogP contribution is -2.42. The standard InChI is InChI=1S/C31H43N5O2/c1-7-36(26-10-8-25(9-11-26)35(5)6)29-18-24(23-12-14-32-15-13-23)17-27(22(29)4)30(37)33-19-28-20(2)16-21(3)34-31(28)38/h12-18,25-26,31,34,38H,7-11,19H2,1-6H3,(H,33,37)/t25-,26-,31?. The van der Waals surface area contributed by atoms with Gasteiger partial charge in [-0.15, -0.1) is 0 Å². The molecule has 0 spiro atoms. The maximum atomic E-state index is 13.6. The van der Waals surface area contributed by atoms with Crippen molar-refractivity contribution in [3.05, 3.63) is 70.7 Å². The molecule has 1 fully saturated rings. The Morgan fingerprint density at radius 1 is 1.05 bits per heavy atom. The second-order valence-corrected chi connectivity index (χ2v) is 10.9. The molecule has 204 valence electrons. The van der Waals surface area contributed by atoms with Crippen molar-refractivity contribution in [2.24, 2.45) is 0 Å². The summed E-state index contributed by atoms with van der Waals surface area (Å²) in [5.74, 6) is -0.134. The van der Waals surface area contributed by atoms with E-state index in [1.165, 1.54) is 12.8 Å². The van der Waals surface area contributed by atoms with E-state index in [0.717, 1.165) is 58.6 Å². The van der Waals surface area contributed by atoms with Crippen molar-refractivity contribution < 1.29 is 9.90 Å². The summed E-state index contributed by atoms with van der Waals surface area (Å²) in [5.41, 5.74) is 7.48. The number of amides is 1. The molecule has 1 amide bonds. The molecular formula is C31H43N5O2. The minimum absolute atomic E-state index is 0.134. The first-order valence-corrected chi connectivity index (χ1v) is 13.8. The fourth-order valence-corrected chi connectivity index (χ4v) is 5.94. The molecule has 0 bridgehead atoms. The first kappa shape index (κ1) is 27.9. The van der Waals surface area contributed by atoms with Crippen LogP contribution in [0.4, 0.5) is 5.69 Å². The average Bonchev–Trinajstić information content (AvgIpc) is 2.90. The van der Waals surface area contributed by atoms with Gasteiger partial charge in [-0.2, -0.15) is 0 Å². The molecule has 1 unspecified atom stereocenters. The van der Waals surface area contributed by atoms with Gasteiger partial charge in [0.25, 0.3) is 5.91 Å². The van der Waals surface area contributed by atoms with E-state index in [-0.39, 0.29) is 12.5 Å². The molecule has 1 aliphatic heterocycles. The Morgan fingerprint density at radius 2 is 1.71 bits per heavy atom. The molecule has 1 atom stereocenters. The molecule has 38 heavy (non-hydrogen) atoms. The predicted octanol–water partition coefficient (Wildman–Crippen LogP) is 4.63. The number of pyridine rings is 1. The molecule has 2 heterocycles. The Bertz CT molecular complexity index is 1200. The van der Waals surface area contributed by atoms with Crippen LogP contribution in [0.2, 0.25) is 0 Å². The van der Waals surface area contributed by atoms with Gasteiger partial charge in [0, 0.05) is 60.1 Å². The highest BCUT2D eigenvalue weighted by Gasteiger charge is 2.28. The summed E-state index contributed by atoms with van der Waals surface area (Å²) in [6.45, 7) is 9.31. The average molecular weight is 518 g/mol. The first-order valence-electron chi connectivity index (χ1n) is 13.8. The van der Waals surface area contributed by atoms with Crippen molar-refractivity contribution in [3.63, 3.8) is 0 Å². The SMILES string of the molecule is CCN(c1cc(-c2ccncc2)cc(C(=O)NCC2=C(C)C=C(C)NC2O)c1C)[C@H]1CC[C@H](N(C)C)CC1. The normalized spacial score (nSPS) is 21.7. The Balaban J connectivity index is 1.66. The summed E-state index contributed by atoms with van der Waals surface area (Å²) in [7, 11) is 4.35. The second kappa shape index (κ2) is 12.1. The van der Waals surface area contributed by atoms with Crippen LogP contribution in [0.25, 0.3) is 11.1 Å². The summed E-state index contributed by atoms with van der Waals surface area (Å²) in [5, 5.41) is 16.6. The smallest absolute Gasteiger partial charge is 0.251 e. The third-order valence-electron chi connectivity index (χ3n) is 8.20. The van der Waals surface area contributed by atoms with E-state index < -0.39 is 6.23 Å². The fraction of sp³-hybridized carbons (Fsp3) is 0.484. The fourth-order valence-electron chi connectivity index (χ4n) is 5.94. The van der Waals surface area contributed by atoms with Gasteiger partial charge in [-0.25, -0.2) is 0 Å². The number of anilines is 1. The van der Waals surface area contributed by atoms with E-state index >= 15 is 0 Å². The van der Waals surface area contributed by atoms with Crippen LogP contribution >= 0.6 is 0 Å². The zero-order chi connectivity index (χ0) is 27.4. The summed E-state index contributed by atoms with van der Waals surface area (Å²) in [6.07, 6.45) is 9.42. The van der Waals surface area contributed by atoms with Gasteiger partial charge in [0.2, 0.25) is 0 Å². The molecular weight excluding hydrogens is 474 g/mol. The number of allylic oxidation sites excluding steroid dienone is 3. The van der Waals surface area contributed by atoms with Crippen molar-refractivity contribution >= 4 is 11.6 Å². The molecule has 1 aromatic carbocycles. The number of aromatic nitrogens is 1. The van der Waals surface area contributed by atoms with Crippen molar-refractivity contribution in [2.75, 3.05) is 32.1 Å². The maximum Gasteiger partial charge on any atom is 0.251 e. The quantitative estimate of drug-likeness (QED) is 0.474. The minimum atomic E-state index is -0.798. The highest BCUT2D eigenvalue weighted by atomic mass is 16.3. The number of hydrogen-bond acceptors (Lipinski definition) is 6. The minimum Gasteiger partial charge on any atom is -0.370 e. The van der Waals surface area contributed by atoms with Crippen LogP contribution in [-0.2, 0) is 0 Å². The van der Waals surface area contributed by atoms with Gasteiger partial charge in [0.05, 0.1) is 0 Å². The van der Waals surface area contributed by atoms with Gasteiger partial charge in [-0.1, -0.05) is 0 Å². The van der Waals surface area contributed by atoms with Crippen molar-refractivity contribution in [1.29, 1.82) is 0 Å². The molecule has 2 aliphatic rings. The lowest BCUT2D eigenvalue weighted by atomic mass is 9.88. The van der Waals surface area contributed by atoms with E-state index in [4.69, 9.17) is 0 Å². The zero-order valence-corrected chi connectivity index (χ0v) is 23.7. The van der Waals surface area contributed by atoms with Crippen molar-refractivity contribution in [1.82, 2.24) is 20.5 Å². The lowest BCUT2D eigenvalue weighted by molar-refractivity contribution is 0.0952. The molecule has 2 aromatic rings. The number of hydrogen-bond donors (Lipinski definition) is 3. The summed E-state index contributed by atoms with van der Waals surface area (Å²) in [6, 6.07) is 9.28. The summed E-state index contributed by atoms with van der Waals surface area (Å²) < 4.78 is 0. The van der Waals surface area contributed by atoms with Gasteiger partial charge < -0.3 is 25.5 Å². The number of nitrogens with one attached hydrogen (secondary N) is 2. The van der Waals surface area contributed by atoms with Gasteiger partial charge in [0.15, 0.2) is 0 Å². The van der Waals surface area contributed by atoms with Crippen molar-refractivity contribution in [2.45, 2.75) is 71.7 Å². The monoisotopic (exact) mass is 517 g/mol. The molecule has 7 nitrogen and oxygen atoms in total. The number of benzene rings is 1. The topological polar surface area (TPSA) is 80.7 Å². The molecule has 7 heteroatoms. The lowest BCUT2D eigenvalue weighted by Gasteiger charge is -2.40. The molecule has 1 saturated carbocycles. The van der Waals surface area contributed by atoms with Crippen LogP contribution in [0.15, 0.2) is 59.6 Å². The number of nitrogens with zero attached hydrogens (tertiary/aromatic N) is 3. The van der Waals surface area contributed by atoms with Crippen LogP contribution in [0, 0.1) is 6.92 Å². The van der Waals surface area contributed by atoms with Gasteiger partial charge in [-0.05, 0) is 120 Å². The molecule has 4 rings (SSSR count). The molecule has 0 saturated heterocycles. The number of aliphatic hydroxyl groups is 1. The van der Waals surface area contributed by atoms with E-state index in [2.05, 4.69) is 59.4 Å². The number of aliphatic hydroxyl groups excluding tert-OH is 1. The van der Waals surface area contributed by atoms with Gasteiger partial charge in [0.1, 0.15) is 6.23 Å². The van der Waals surface area contributed by atoms with E-state index in [1.807, 2.05) is 38.1 Å². The van der Waals surface area contributed by atoms with Crippen LogP contribution in [0.3, 0.4) is 0 Å². The first-order chi connectivity index (χ1) is 18.2. The molecule has 1 aromatic heterocycles. The third kappa shape index (κ3) is 6.11. The summed E-state index contributed by atoms with van der Waals surface area (Å²) >= 11 is 0. The molecule has 1 aliphatic carbocycles. The van der Waals surface area contributed by atoms with Crippen LogP contribution in [0.1, 0.15) is 62.4 Å². The number of rotatable bonds is 8. The van der Waals surface area contributed by atoms with E-state index in [9.17, 15) is 9.90 Å². The Kier molecular flexibility index (Phi) is 8.90. The van der Waals surface area contributed by atoms with Crippen LogP contribution in [-0.4, -0.2) is 66.4 Å². The second-order valence-electron chi connectivity index (χ2n) is 10.9. The highest BCUT2D eigenvalue weighted by Crippen LogP contribution is 2.35. The number of dihydropyridines is 1. The highest BCUT2D eigenvalue weighted by molar-refractivity contribution is 5.99.